The molecule has 0 atom stereocenters. The molecule has 19 heavy (non-hydrogen) atoms. The van der Waals surface area contributed by atoms with Gasteiger partial charge in [-0.2, -0.15) is 0 Å². The van der Waals surface area contributed by atoms with E-state index >= 15 is 0 Å². The van der Waals surface area contributed by atoms with Crippen LogP contribution in [0, 0.1) is 0 Å². The van der Waals surface area contributed by atoms with Crippen molar-refractivity contribution in [2.75, 3.05) is 0 Å². The summed E-state index contributed by atoms with van der Waals surface area (Å²) in [5, 5.41) is 4.04. The van der Waals surface area contributed by atoms with Gasteiger partial charge in [0.25, 0.3) is 11.8 Å². The molecule has 6 heteroatoms. The van der Waals surface area contributed by atoms with Crippen molar-refractivity contribution in [3.8, 4) is 0 Å². The fraction of sp³-hybridized carbons (Fsp3) is 0.308. The van der Waals surface area contributed by atoms with E-state index in [1.165, 1.54) is 17.4 Å². The number of hydrogen-bond acceptors (Lipinski definition) is 4. The second-order valence-corrected chi connectivity index (χ2v) is 6.12. The normalized spacial score (nSPS) is 19.0. The van der Waals surface area contributed by atoms with Gasteiger partial charge in [0, 0.05) is 10.4 Å². The molecule has 1 fully saturated rings. The molecule has 4 amide bonds. The minimum atomic E-state index is -0.684. The number of carbonyl (C=O) groups is 3. The highest BCUT2D eigenvalue weighted by Gasteiger charge is 2.41. The zero-order valence-corrected chi connectivity index (χ0v) is 11.7. The SMILES string of the molecule is CC(C)(C)N1C(=O)NC(=O)C(=Cc2cccs2)C1=O. The number of carbonyl (C=O) groups excluding carboxylic acids is 3. The fourth-order valence-electron chi connectivity index (χ4n) is 1.78. The molecule has 0 saturated carbocycles. The Morgan fingerprint density at radius 3 is 2.47 bits per heavy atom. The first-order valence-corrected chi connectivity index (χ1v) is 6.64. The number of nitrogens with one attached hydrogen (secondary N) is 1. The number of urea groups is 1. The van der Waals surface area contributed by atoms with E-state index in [2.05, 4.69) is 5.32 Å². The van der Waals surface area contributed by atoms with Crippen molar-refractivity contribution < 1.29 is 14.4 Å². The smallest absolute Gasteiger partial charge is 0.273 e. The lowest BCUT2D eigenvalue weighted by Gasteiger charge is -2.36. The summed E-state index contributed by atoms with van der Waals surface area (Å²) in [5.74, 6) is -1.21. The number of hydrogen-bond donors (Lipinski definition) is 1. The largest absolute Gasteiger partial charge is 0.331 e. The van der Waals surface area contributed by atoms with E-state index in [1.807, 2.05) is 11.4 Å². The van der Waals surface area contributed by atoms with Gasteiger partial charge in [0.05, 0.1) is 0 Å². The van der Waals surface area contributed by atoms with Gasteiger partial charge in [-0.15, -0.1) is 11.3 Å². The number of thiophene rings is 1. The van der Waals surface area contributed by atoms with Gasteiger partial charge >= 0.3 is 6.03 Å². The Labute approximate surface area is 114 Å². The summed E-state index contributed by atoms with van der Waals surface area (Å²) in [7, 11) is 0. The van der Waals surface area contributed by atoms with E-state index in [4.69, 9.17) is 0 Å². The average molecular weight is 278 g/mol. The summed E-state index contributed by atoms with van der Waals surface area (Å²) in [5.41, 5.74) is -0.701. The molecule has 0 radical (unpaired) electrons. The second-order valence-electron chi connectivity index (χ2n) is 5.14. The van der Waals surface area contributed by atoms with Crippen molar-refractivity contribution in [1.29, 1.82) is 0 Å². The third-order valence-electron chi connectivity index (χ3n) is 2.60. The van der Waals surface area contributed by atoms with Crippen molar-refractivity contribution in [3.63, 3.8) is 0 Å². The van der Waals surface area contributed by atoms with Crippen molar-refractivity contribution >= 4 is 35.3 Å². The highest BCUT2D eigenvalue weighted by Crippen LogP contribution is 2.23. The van der Waals surface area contributed by atoms with Crippen molar-refractivity contribution in [3.05, 3.63) is 28.0 Å². The quantitative estimate of drug-likeness (QED) is 0.631. The molecule has 1 saturated heterocycles. The predicted molar refractivity (Wildman–Crippen MR) is 72.4 cm³/mol. The summed E-state index contributed by atoms with van der Waals surface area (Å²) >= 11 is 1.42. The Morgan fingerprint density at radius 1 is 1.26 bits per heavy atom. The molecule has 5 nitrogen and oxygen atoms in total. The Kier molecular flexibility index (Phi) is 3.28. The summed E-state index contributed by atoms with van der Waals surface area (Å²) in [6.45, 7) is 5.22. The lowest BCUT2D eigenvalue weighted by atomic mass is 10.0. The van der Waals surface area contributed by atoms with E-state index in [-0.39, 0.29) is 5.57 Å². The molecular weight excluding hydrogens is 264 g/mol. The van der Waals surface area contributed by atoms with Crippen LogP contribution in [0.5, 0.6) is 0 Å². The van der Waals surface area contributed by atoms with Gasteiger partial charge in [-0.3, -0.25) is 19.8 Å². The van der Waals surface area contributed by atoms with Crippen LogP contribution < -0.4 is 5.32 Å². The Balaban J connectivity index is 2.42. The number of rotatable bonds is 1. The lowest BCUT2D eigenvalue weighted by molar-refractivity contribution is -0.133. The van der Waals surface area contributed by atoms with E-state index < -0.39 is 23.4 Å². The van der Waals surface area contributed by atoms with Gasteiger partial charge < -0.3 is 0 Å². The van der Waals surface area contributed by atoms with Gasteiger partial charge in [-0.25, -0.2) is 4.79 Å². The van der Waals surface area contributed by atoms with Crippen LogP contribution in [-0.4, -0.2) is 28.3 Å². The molecule has 2 rings (SSSR count). The average Bonchev–Trinajstić information content (AvgIpc) is 2.74. The second kappa shape index (κ2) is 4.62. The zero-order valence-electron chi connectivity index (χ0n) is 10.9. The maximum atomic E-state index is 12.3. The zero-order chi connectivity index (χ0) is 14.2. The molecule has 1 aromatic heterocycles. The molecular formula is C13H14N2O3S. The van der Waals surface area contributed by atoms with Crippen molar-refractivity contribution in [2.24, 2.45) is 0 Å². The molecule has 1 N–H and O–H groups in total. The third kappa shape index (κ3) is 2.58. The van der Waals surface area contributed by atoms with Gasteiger partial charge in [-0.1, -0.05) is 6.07 Å². The number of amides is 4. The lowest BCUT2D eigenvalue weighted by Crippen LogP contribution is -2.60. The van der Waals surface area contributed by atoms with Crippen LogP contribution in [0.2, 0.25) is 0 Å². The molecule has 100 valence electrons. The molecule has 0 aliphatic carbocycles. The minimum Gasteiger partial charge on any atom is -0.273 e. The minimum absolute atomic E-state index is 0.0167. The summed E-state index contributed by atoms with van der Waals surface area (Å²) in [6.07, 6.45) is 1.51. The van der Waals surface area contributed by atoms with E-state index in [1.54, 1.807) is 26.8 Å². The molecule has 0 unspecified atom stereocenters. The predicted octanol–water partition coefficient (Wildman–Crippen LogP) is 2.01. The number of barbiturate groups is 1. The van der Waals surface area contributed by atoms with Crippen LogP contribution in [0.25, 0.3) is 6.08 Å². The monoisotopic (exact) mass is 278 g/mol. The van der Waals surface area contributed by atoms with Crippen LogP contribution in [0.1, 0.15) is 25.6 Å². The van der Waals surface area contributed by atoms with Gasteiger partial charge in [0.15, 0.2) is 0 Å². The molecule has 2 heterocycles. The number of imide groups is 2. The molecule has 1 aliphatic rings. The van der Waals surface area contributed by atoms with Crippen LogP contribution in [-0.2, 0) is 9.59 Å². The molecule has 1 aliphatic heterocycles. The van der Waals surface area contributed by atoms with Crippen LogP contribution in [0.4, 0.5) is 4.79 Å². The summed E-state index contributed by atoms with van der Waals surface area (Å²) < 4.78 is 0. The van der Waals surface area contributed by atoms with E-state index in [0.717, 1.165) is 9.78 Å². The van der Waals surface area contributed by atoms with E-state index in [0.29, 0.717) is 0 Å². The summed E-state index contributed by atoms with van der Waals surface area (Å²) in [6, 6.07) is 2.95. The van der Waals surface area contributed by atoms with Crippen molar-refractivity contribution in [2.45, 2.75) is 26.3 Å². The highest BCUT2D eigenvalue weighted by molar-refractivity contribution is 7.10. The molecule has 0 bridgehead atoms. The van der Waals surface area contributed by atoms with Crippen LogP contribution >= 0.6 is 11.3 Å². The third-order valence-corrected chi connectivity index (χ3v) is 3.42. The highest BCUT2D eigenvalue weighted by atomic mass is 32.1. The van der Waals surface area contributed by atoms with E-state index in [9.17, 15) is 14.4 Å². The Bertz CT molecular complexity index is 567. The van der Waals surface area contributed by atoms with Crippen molar-refractivity contribution in [1.82, 2.24) is 10.2 Å². The number of nitrogens with zero attached hydrogens (tertiary/aromatic N) is 1. The first kappa shape index (κ1) is 13.5. The molecule has 1 aromatic rings. The summed E-state index contributed by atoms with van der Waals surface area (Å²) in [4.78, 5) is 37.7. The topological polar surface area (TPSA) is 66.5 Å². The Morgan fingerprint density at radius 2 is 1.95 bits per heavy atom. The first-order chi connectivity index (χ1) is 8.80. The fourth-order valence-corrected chi connectivity index (χ4v) is 2.44. The maximum absolute atomic E-state index is 12.3. The van der Waals surface area contributed by atoms with Gasteiger partial charge in [0.2, 0.25) is 0 Å². The van der Waals surface area contributed by atoms with Crippen LogP contribution in [0.3, 0.4) is 0 Å². The standard InChI is InChI=1S/C13H14N2O3S/c1-13(2,3)15-11(17)9(10(16)14-12(15)18)7-8-5-4-6-19-8/h4-7H,1-3H3,(H,14,16,18). The Hall–Kier alpha value is -1.95. The molecule has 0 aromatic carbocycles. The molecule has 0 spiro atoms. The maximum Gasteiger partial charge on any atom is 0.331 e. The van der Waals surface area contributed by atoms with Crippen LogP contribution in [0.15, 0.2) is 23.1 Å². The van der Waals surface area contributed by atoms with Gasteiger partial charge in [-0.05, 0) is 38.3 Å². The van der Waals surface area contributed by atoms with Gasteiger partial charge in [0.1, 0.15) is 5.57 Å². The first-order valence-electron chi connectivity index (χ1n) is 5.76.